The third-order valence-electron chi connectivity index (χ3n) is 2.04. The molecule has 0 aliphatic heterocycles. The first kappa shape index (κ1) is 15.3. The summed E-state index contributed by atoms with van der Waals surface area (Å²) in [5, 5.41) is 11.8. The minimum Gasteiger partial charge on any atom is -0.481 e. The van der Waals surface area contributed by atoms with Crippen molar-refractivity contribution in [3.8, 4) is 0 Å². The fourth-order valence-corrected chi connectivity index (χ4v) is 1.46. The number of hydrogen-bond donors (Lipinski definition) is 3. The lowest BCUT2D eigenvalue weighted by molar-refractivity contribution is -0.146. The molecule has 7 heteroatoms. The molecule has 0 aromatic carbocycles. The van der Waals surface area contributed by atoms with Crippen molar-refractivity contribution >= 4 is 16.0 Å². The summed E-state index contributed by atoms with van der Waals surface area (Å²) >= 11 is 0. The average molecular weight is 252 g/mol. The molecular weight excluding hydrogens is 232 g/mol. The molecule has 6 nitrogen and oxygen atoms in total. The number of sulfonamides is 1. The summed E-state index contributed by atoms with van der Waals surface area (Å²) in [5.41, 5.74) is -0.801. The summed E-state index contributed by atoms with van der Waals surface area (Å²) in [6.07, 6.45) is 1.73. The minimum atomic E-state index is -3.13. The third kappa shape index (κ3) is 7.61. The highest BCUT2D eigenvalue weighted by Gasteiger charge is 2.26. The van der Waals surface area contributed by atoms with Crippen molar-refractivity contribution < 1.29 is 18.3 Å². The van der Waals surface area contributed by atoms with Gasteiger partial charge in [-0.15, -0.1) is 0 Å². The van der Waals surface area contributed by atoms with Gasteiger partial charge in [0.15, 0.2) is 0 Å². The quantitative estimate of drug-likeness (QED) is 0.512. The van der Waals surface area contributed by atoms with Crippen LogP contribution in [0.25, 0.3) is 0 Å². The lowest BCUT2D eigenvalue weighted by Gasteiger charge is -2.19. The second kappa shape index (κ2) is 6.17. The van der Waals surface area contributed by atoms with Crippen molar-refractivity contribution in [2.75, 3.05) is 25.9 Å². The van der Waals surface area contributed by atoms with Gasteiger partial charge in [0.25, 0.3) is 0 Å². The molecule has 0 bridgehead atoms. The molecule has 0 unspecified atom stereocenters. The number of nitrogens with one attached hydrogen (secondary N) is 2. The highest BCUT2D eigenvalue weighted by Crippen LogP contribution is 2.12. The summed E-state index contributed by atoms with van der Waals surface area (Å²) < 4.78 is 23.8. The zero-order valence-electron chi connectivity index (χ0n) is 9.91. The minimum absolute atomic E-state index is 0.360. The van der Waals surface area contributed by atoms with Gasteiger partial charge in [-0.1, -0.05) is 0 Å². The molecule has 0 amide bonds. The SMILES string of the molecule is CC(C)(CNCCCNS(C)(=O)=O)C(=O)O. The van der Waals surface area contributed by atoms with E-state index < -0.39 is 21.4 Å². The van der Waals surface area contributed by atoms with Gasteiger partial charge >= 0.3 is 5.97 Å². The Hall–Kier alpha value is -0.660. The van der Waals surface area contributed by atoms with Gasteiger partial charge in [0.1, 0.15) is 0 Å². The Labute approximate surface area is 96.5 Å². The lowest BCUT2D eigenvalue weighted by Crippen LogP contribution is -2.37. The topological polar surface area (TPSA) is 95.5 Å². The van der Waals surface area contributed by atoms with Crippen LogP contribution in [0.5, 0.6) is 0 Å². The summed E-state index contributed by atoms with van der Waals surface area (Å²) in [4.78, 5) is 10.7. The normalized spacial score (nSPS) is 12.7. The Morgan fingerprint density at radius 3 is 2.31 bits per heavy atom. The highest BCUT2D eigenvalue weighted by atomic mass is 32.2. The Balaban J connectivity index is 3.59. The van der Waals surface area contributed by atoms with Crippen LogP contribution in [0.3, 0.4) is 0 Å². The largest absolute Gasteiger partial charge is 0.481 e. The maximum absolute atomic E-state index is 10.7. The van der Waals surface area contributed by atoms with E-state index in [0.29, 0.717) is 26.1 Å². The van der Waals surface area contributed by atoms with Crippen LogP contribution in [0.2, 0.25) is 0 Å². The molecule has 0 aliphatic carbocycles. The standard InChI is InChI=1S/C9H20N2O4S/c1-9(2,8(12)13)7-10-5-4-6-11-16(3,14)15/h10-11H,4-7H2,1-3H3,(H,12,13). The number of carboxylic acid groups (broad SMARTS) is 1. The van der Waals surface area contributed by atoms with Gasteiger partial charge in [-0.2, -0.15) is 0 Å². The smallest absolute Gasteiger partial charge is 0.310 e. The summed E-state index contributed by atoms with van der Waals surface area (Å²) in [7, 11) is -3.13. The van der Waals surface area contributed by atoms with Crippen LogP contribution in [-0.2, 0) is 14.8 Å². The molecule has 0 atom stereocenters. The van der Waals surface area contributed by atoms with Crippen LogP contribution in [0.15, 0.2) is 0 Å². The molecule has 0 heterocycles. The molecule has 0 aromatic rings. The lowest BCUT2D eigenvalue weighted by atomic mass is 9.94. The summed E-state index contributed by atoms with van der Waals surface area (Å²) in [6, 6.07) is 0. The number of rotatable bonds is 8. The van der Waals surface area contributed by atoms with Crippen molar-refractivity contribution in [2.45, 2.75) is 20.3 Å². The fourth-order valence-electron chi connectivity index (χ4n) is 0.947. The molecule has 0 aliphatic rings. The molecule has 0 radical (unpaired) electrons. The van der Waals surface area contributed by atoms with Crippen molar-refractivity contribution in [2.24, 2.45) is 5.41 Å². The maximum atomic E-state index is 10.7. The molecule has 16 heavy (non-hydrogen) atoms. The van der Waals surface area contributed by atoms with Gasteiger partial charge < -0.3 is 10.4 Å². The zero-order valence-corrected chi connectivity index (χ0v) is 10.7. The predicted molar refractivity (Wildman–Crippen MR) is 61.8 cm³/mol. The molecule has 3 N–H and O–H groups in total. The Morgan fingerprint density at radius 1 is 1.31 bits per heavy atom. The molecule has 0 spiro atoms. The van der Waals surface area contributed by atoms with E-state index in [1.54, 1.807) is 13.8 Å². The first-order valence-corrected chi connectivity index (χ1v) is 6.93. The molecule has 0 rings (SSSR count). The number of carbonyl (C=O) groups is 1. The Bertz CT molecular complexity index is 324. The van der Waals surface area contributed by atoms with Crippen LogP contribution in [-0.4, -0.2) is 45.4 Å². The van der Waals surface area contributed by atoms with Gasteiger partial charge in [0.05, 0.1) is 11.7 Å². The van der Waals surface area contributed by atoms with Gasteiger partial charge in [-0.05, 0) is 26.8 Å². The van der Waals surface area contributed by atoms with E-state index in [9.17, 15) is 13.2 Å². The molecule has 96 valence electrons. The van der Waals surface area contributed by atoms with E-state index in [1.165, 1.54) is 0 Å². The van der Waals surface area contributed by atoms with Crippen molar-refractivity contribution in [3.63, 3.8) is 0 Å². The summed E-state index contributed by atoms with van der Waals surface area (Å²) in [5.74, 6) is -0.853. The van der Waals surface area contributed by atoms with Crippen LogP contribution in [0.1, 0.15) is 20.3 Å². The van der Waals surface area contributed by atoms with Crippen LogP contribution in [0, 0.1) is 5.41 Å². The van der Waals surface area contributed by atoms with Crippen molar-refractivity contribution in [3.05, 3.63) is 0 Å². The van der Waals surface area contributed by atoms with Crippen molar-refractivity contribution in [1.82, 2.24) is 10.0 Å². The predicted octanol–water partition coefficient (Wildman–Crippen LogP) is -0.374. The van der Waals surface area contributed by atoms with E-state index in [0.717, 1.165) is 6.26 Å². The van der Waals surface area contributed by atoms with Crippen LogP contribution < -0.4 is 10.0 Å². The van der Waals surface area contributed by atoms with E-state index >= 15 is 0 Å². The van der Waals surface area contributed by atoms with Gasteiger partial charge in [-0.25, -0.2) is 13.1 Å². The summed E-state index contributed by atoms with van der Waals surface area (Å²) in [6.45, 7) is 4.58. The number of aliphatic carboxylic acids is 1. The van der Waals surface area contributed by atoms with Crippen LogP contribution >= 0.6 is 0 Å². The third-order valence-corrected chi connectivity index (χ3v) is 2.77. The number of carboxylic acids is 1. The Kier molecular flexibility index (Phi) is 5.91. The zero-order chi connectivity index (χ0) is 12.8. The fraction of sp³-hybridized carbons (Fsp3) is 0.889. The van der Waals surface area contributed by atoms with E-state index in [2.05, 4.69) is 10.0 Å². The second-order valence-corrected chi connectivity index (χ2v) is 6.22. The van der Waals surface area contributed by atoms with Gasteiger partial charge in [-0.3, -0.25) is 4.79 Å². The Morgan fingerprint density at radius 2 is 1.88 bits per heavy atom. The number of hydrogen-bond acceptors (Lipinski definition) is 4. The molecule has 0 aromatic heterocycles. The monoisotopic (exact) mass is 252 g/mol. The van der Waals surface area contributed by atoms with Crippen molar-refractivity contribution in [1.29, 1.82) is 0 Å². The van der Waals surface area contributed by atoms with Gasteiger partial charge in [0.2, 0.25) is 10.0 Å². The first-order valence-electron chi connectivity index (χ1n) is 5.04. The van der Waals surface area contributed by atoms with E-state index in [-0.39, 0.29) is 0 Å². The molecule has 0 fully saturated rings. The van der Waals surface area contributed by atoms with Crippen LogP contribution in [0.4, 0.5) is 0 Å². The first-order chi connectivity index (χ1) is 7.15. The maximum Gasteiger partial charge on any atom is 0.310 e. The van der Waals surface area contributed by atoms with Gasteiger partial charge in [0, 0.05) is 13.1 Å². The van der Waals surface area contributed by atoms with E-state index in [4.69, 9.17) is 5.11 Å². The molecule has 0 saturated carbocycles. The van der Waals surface area contributed by atoms with E-state index in [1.807, 2.05) is 0 Å². The molecule has 0 saturated heterocycles. The average Bonchev–Trinajstić information content (AvgIpc) is 2.09. The highest BCUT2D eigenvalue weighted by molar-refractivity contribution is 7.88. The molecular formula is C9H20N2O4S. The second-order valence-electron chi connectivity index (χ2n) is 4.39.